The molecule has 1 fully saturated rings. The third-order valence-electron chi connectivity index (χ3n) is 5.00. The third kappa shape index (κ3) is 2.81. The van der Waals surface area contributed by atoms with E-state index in [2.05, 4.69) is 66.8 Å². The summed E-state index contributed by atoms with van der Waals surface area (Å²) in [5, 5.41) is 0. The van der Waals surface area contributed by atoms with Crippen LogP contribution in [0.5, 0.6) is 0 Å². The highest BCUT2D eigenvalue weighted by Crippen LogP contribution is 2.47. The lowest BCUT2D eigenvalue weighted by molar-refractivity contribution is 0.739. The second-order valence-corrected chi connectivity index (χ2v) is 6.55. The summed E-state index contributed by atoms with van der Waals surface area (Å²) in [4.78, 5) is 0. The third-order valence-corrected chi connectivity index (χ3v) is 5.00. The second kappa shape index (κ2) is 5.52. The Morgan fingerprint density at radius 3 is 2.76 bits per heavy atom. The zero-order chi connectivity index (χ0) is 14.1. The van der Waals surface area contributed by atoms with Crippen molar-refractivity contribution in [1.29, 1.82) is 0 Å². The summed E-state index contributed by atoms with van der Waals surface area (Å²) in [7, 11) is 0. The number of hydrogen-bond acceptors (Lipinski definition) is 0. The summed E-state index contributed by atoms with van der Waals surface area (Å²) < 4.78 is 0. The Morgan fingerprint density at radius 2 is 2.00 bits per heavy atom. The Kier molecular flexibility index (Phi) is 3.39. The van der Waals surface area contributed by atoms with Gasteiger partial charge in [0.15, 0.2) is 0 Å². The number of fused-ring (bicyclic) bond motifs is 1. The topological polar surface area (TPSA) is 0 Å². The average Bonchev–Trinajstić information content (AvgIpc) is 3.33. The van der Waals surface area contributed by atoms with E-state index in [0.717, 1.165) is 11.8 Å². The van der Waals surface area contributed by atoms with E-state index in [-0.39, 0.29) is 0 Å². The van der Waals surface area contributed by atoms with Gasteiger partial charge in [-0.25, -0.2) is 0 Å². The summed E-state index contributed by atoms with van der Waals surface area (Å²) >= 11 is 0. The molecule has 1 aromatic rings. The number of benzene rings is 1. The van der Waals surface area contributed by atoms with Crippen LogP contribution < -0.4 is 0 Å². The molecular formula is C21H22. The molecule has 0 N–H and O–H groups in total. The van der Waals surface area contributed by atoms with Gasteiger partial charge in [-0.15, -0.1) is 0 Å². The van der Waals surface area contributed by atoms with Gasteiger partial charge in [0.1, 0.15) is 0 Å². The summed E-state index contributed by atoms with van der Waals surface area (Å²) in [6.07, 6.45) is 19.2. The maximum absolute atomic E-state index is 2.54. The highest BCUT2D eigenvalue weighted by Gasteiger charge is 2.36. The van der Waals surface area contributed by atoms with Crippen molar-refractivity contribution in [2.45, 2.75) is 31.6 Å². The molecule has 0 aliphatic heterocycles. The van der Waals surface area contributed by atoms with Crippen LogP contribution in [0.25, 0.3) is 0 Å². The maximum atomic E-state index is 2.54. The van der Waals surface area contributed by atoms with Crippen LogP contribution in [0.15, 0.2) is 77.9 Å². The van der Waals surface area contributed by atoms with E-state index in [0.29, 0.717) is 5.92 Å². The van der Waals surface area contributed by atoms with Crippen LogP contribution >= 0.6 is 0 Å². The van der Waals surface area contributed by atoms with Gasteiger partial charge >= 0.3 is 0 Å². The fraction of sp³-hybridized carbons (Fsp3) is 0.333. The minimum Gasteiger partial charge on any atom is -0.0842 e. The zero-order valence-corrected chi connectivity index (χ0v) is 12.4. The van der Waals surface area contributed by atoms with Crippen LogP contribution in [0.1, 0.15) is 37.2 Å². The lowest BCUT2D eigenvalue weighted by Gasteiger charge is -2.23. The number of allylic oxidation sites excluding steroid dienone is 8. The van der Waals surface area contributed by atoms with Crippen molar-refractivity contribution in [1.82, 2.24) is 0 Å². The Bertz CT molecular complexity index is 627. The Morgan fingerprint density at radius 1 is 1.10 bits per heavy atom. The summed E-state index contributed by atoms with van der Waals surface area (Å²) in [6, 6.07) is 11.0. The second-order valence-electron chi connectivity index (χ2n) is 6.55. The van der Waals surface area contributed by atoms with Gasteiger partial charge in [-0.2, -0.15) is 0 Å². The van der Waals surface area contributed by atoms with E-state index >= 15 is 0 Å². The fourth-order valence-corrected chi connectivity index (χ4v) is 3.62. The van der Waals surface area contributed by atoms with Gasteiger partial charge in [0.25, 0.3) is 0 Å². The first-order chi connectivity index (χ1) is 10.4. The maximum Gasteiger partial charge on any atom is 0.0123 e. The molecule has 0 spiro atoms. The van der Waals surface area contributed by atoms with Gasteiger partial charge in [0.2, 0.25) is 0 Å². The lowest BCUT2D eigenvalue weighted by atomic mass is 9.82. The van der Waals surface area contributed by atoms with Crippen LogP contribution in [0.2, 0.25) is 0 Å². The molecule has 1 saturated carbocycles. The largest absolute Gasteiger partial charge is 0.0842 e. The Hall–Kier alpha value is -1.82. The number of rotatable bonds is 4. The van der Waals surface area contributed by atoms with Crippen LogP contribution in [0, 0.1) is 11.8 Å². The van der Waals surface area contributed by atoms with Crippen molar-refractivity contribution in [2.75, 3.05) is 0 Å². The van der Waals surface area contributed by atoms with Gasteiger partial charge in [0.05, 0.1) is 0 Å². The summed E-state index contributed by atoms with van der Waals surface area (Å²) in [6.45, 7) is 0. The molecule has 0 aromatic heterocycles. The first kappa shape index (κ1) is 12.9. The predicted molar refractivity (Wildman–Crippen MR) is 89.1 cm³/mol. The van der Waals surface area contributed by atoms with Gasteiger partial charge in [-0.3, -0.25) is 0 Å². The lowest BCUT2D eigenvalue weighted by Crippen LogP contribution is -2.06. The molecule has 0 bridgehead atoms. The Balaban J connectivity index is 1.64. The van der Waals surface area contributed by atoms with Crippen molar-refractivity contribution >= 4 is 0 Å². The smallest absolute Gasteiger partial charge is 0.0123 e. The van der Waals surface area contributed by atoms with Gasteiger partial charge in [-0.1, -0.05) is 72.4 Å². The molecule has 106 valence electrons. The van der Waals surface area contributed by atoms with Crippen LogP contribution in [0.4, 0.5) is 0 Å². The van der Waals surface area contributed by atoms with Crippen molar-refractivity contribution in [3.05, 3.63) is 83.5 Å². The SMILES string of the molecule is C1=CCCC(CC(C2=CC3CC3C=C2)c2ccccc2)=C1. The standard InChI is InChI=1S/C21H22/c1-3-7-16(8-4-1)13-21(17-9-5-2-6-10-17)19-12-11-18-14-20(18)15-19/h1-3,5-7,9-12,15,18,20-21H,4,8,13-14H2. The summed E-state index contributed by atoms with van der Waals surface area (Å²) in [5.74, 6) is 2.21. The first-order valence-electron chi connectivity index (χ1n) is 8.19. The van der Waals surface area contributed by atoms with E-state index in [1.54, 1.807) is 5.57 Å². The highest BCUT2D eigenvalue weighted by atomic mass is 14.4. The van der Waals surface area contributed by atoms with Crippen molar-refractivity contribution in [3.8, 4) is 0 Å². The molecule has 0 heterocycles. The van der Waals surface area contributed by atoms with Crippen LogP contribution in [-0.4, -0.2) is 0 Å². The summed E-state index contributed by atoms with van der Waals surface area (Å²) in [5.41, 5.74) is 4.59. The molecule has 0 amide bonds. The quantitative estimate of drug-likeness (QED) is 0.673. The molecule has 1 aromatic carbocycles. The molecule has 21 heavy (non-hydrogen) atoms. The molecular weight excluding hydrogens is 252 g/mol. The van der Waals surface area contributed by atoms with Crippen molar-refractivity contribution in [3.63, 3.8) is 0 Å². The predicted octanol–water partition coefficient (Wildman–Crippen LogP) is 5.57. The van der Waals surface area contributed by atoms with Gasteiger partial charge in [0, 0.05) is 5.92 Å². The molecule has 3 unspecified atom stereocenters. The van der Waals surface area contributed by atoms with E-state index in [4.69, 9.17) is 0 Å². The van der Waals surface area contributed by atoms with E-state index < -0.39 is 0 Å². The minimum absolute atomic E-state index is 0.529. The monoisotopic (exact) mass is 274 g/mol. The van der Waals surface area contributed by atoms with E-state index in [1.165, 1.54) is 36.8 Å². The molecule has 3 atom stereocenters. The molecule has 0 saturated heterocycles. The van der Waals surface area contributed by atoms with Crippen molar-refractivity contribution in [2.24, 2.45) is 11.8 Å². The van der Waals surface area contributed by atoms with Crippen LogP contribution in [-0.2, 0) is 0 Å². The number of hydrogen-bond donors (Lipinski definition) is 0. The minimum atomic E-state index is 0.529. The molecule has 3 aliphatic rings. The van der Waals surface area contributed by atoms with Gasteiger partial charge < -0.3 is 0 Å². The van der Waals surface area contributed by atoms with Crippen molar-refractivity contribution < 1.29 is 0 Å². The molecule has 3 aliphatic carbocycles. The van der Waals surface area contributed by atoms with Crippen LogP contribution in [0.3, 0.4) is 0 Å². The normalized spacial score (nSPS) is 27.6. The van der Waals surface area contributed by atoms with E-state index in [9.17, 15) is 0 Å². The molecule has 4 rings (SSSR count). The molecule has 0 heteroatoms. The fourth-order valence-electron chi connectivity index (χ4n) is 3.62. The van der Waals surface area contributed by atoms with Gasteiger partial charge in [-0.05, 0) is 48.7 Å². The first-order valence-corrected chi connectivity index (χ1v) is 8.19. The molecule has 0 nitrogen and oxygen atoms in total. The highest BCUT2D eigenvalue weighted by molar-refractivity contribution is 5.41. The Labute approximate surface area is 127 Å². The molecule has 0 radical (unpaired) electrons. The average molecular weight is 274 g/mol. The van der Waals surface area contributed by atoms with E-state index in [1.807, 2.05) is 0 Å². The zero-order valence-electron chi connectivity index (χ0n) is 12.4.